The Labute approximate surface area is 168 Å². The lowest BCUT2D eigenvalue weighted by molar-refractivity contribution is 0.102. The summed E-state index contributed by atoms with van der Waals surface area (Å²) in [4.78, 5) is 12.5. The number of hydrogen-bond acceptors (Lipinski definition) is 5. The van der Waals surface area contributed by atoms with Gasteiger partial charge in [-0.25, -0.2) is 0 Å². The van der Waals surface area contributed by atoms with Gasteiger partial charge in [-0.05, 0) is 49.7 Å². The lowest BCUT2D eigenvalue weighted by Gasteiger charge is -2.17. The Balaban J connectivity index is 2.10. The topological polar surface area (TPSA) is 76.7 Å². The third kappa shape index (κ3) is 6.18. The first-order chi connectivity index (χ1) is 12.9. The minimum Gasteiger partial charge on any atom is -0.386 e. The number of anilines is 2. The van der Waals surface area contributed by atoms with Gasteiger partial charge in [-0.3, -0.25) is 9.36 Å². The molecule has 0 unspecified atom stereocenters. The number of carbonyl (C=O) groups excluding carboxylic acids is 1. The molecule has 0 saturated heterocycles. The highest BCUT2D eigenvalue weighted by atomic mass is 79.9. The first-order valence-corrected chi connectivity index (χ1v) is 11.2. The van der Waals surface area contributed by atoms with E-state index in [0.717, 1.165) is 15.7 Å². The molecule has 2 aromatic carbocycles. The highest BCUT2D eigenvalue weighted by Gasteiger charge is 2.24. The summed E-state index contributed by atoms with van der Waals surface area (Å²) in [5, 5.41) is 5.94. The smallest absolute Gasteiger partial charge is 0.335 e. The van der Waals surface area contributed by atoms with E-state index in [1.165, 1.54) is 0 Å². The lowest BCUT2D eigenvalue weighted by Crippen LogP contribution is -2.13. The van der Waals surface area contributed by atoms with Crippen molar-refractivity contribution in [3.8, 4) is 0 Å². The Morgan fingerprint density at radius 2 is 1.67 bits per heavy atom. The van der Waals surface area contributed by atoms with Crippen LogP contribution in [0.4, 0.5) is 11.4 Å². The molecular weight excluding hydrogens is 431 g/mol. The molecule has 0 spiro atoms. The fourth-order valence-corrected chi connectivity index (χ4v) is 4.60. The summed E-state index contributed by atoms with van der Waals surface area (Å²) in [6.45, 7) is 4.19. The molecule has 0 aliphatic carbocycles. The monoisotopic (exact) mass is 454 g/mol. The van der Waals surface area contributed by atoms with E-state index in [0.29, 0.717) is 24.5 Å². The molecule has 0 aromatic heterocycles. The molecule has 0 radical (unpaired) electrons. The van der Waals surface area contributed by atoms with E-state index in [-0.39, 0.29) is 12.1 Å². The van der Waals surface area contributed by atoms with Gasteiger partial charge in [-0.2, -0.15) is 0 Å². The number of rotatable bonds is 9. The van der Waals surface area contributed by atoms with Crippen LogP contribution >= 0.6 is 23.5 Å². The van der Waals surface area contributed by atoms with E-state index in [1.807, 2.05) is 18.2 Å². The fraction of sp³-hybridized carbons (Fsp3) is 0.316. The summed E-state index contributed by atoms with van der Waals surface area (Å²) in [6, 6.07) is 12.5. The van der Waals surface area contributed by atoms with Crippen molar-refractivity contribution in [3.63, 3.8) is 0 Å². The van der Waals surface area contributed by atoms with Crippen molar-refractivity contribution >= 4 is 40.8 Å². The largest absolute Gasteiger partial charge is 0.386 e. The number of amides is 1. The van der Waals surface area contributed by atoms with Crippen LogP contribution in [0.3, 0.4) is 0 Å². The average Bonchev–Trinajstić information content (AvgIpc) is 2.64. The van der Waals surface area contributed by atoms with Crippen molar-refractivity contribution in [3.05, 3.63) is 58.1 Å². The summed E-state index contributed by atoms with van der Waals surface area (Å²) in [7, 11) is -1.37. The number of halogens is 1. The molecule has 0 aliphatic heterocycles. The highest BCUT2D eigenvalue weighted by Crippen LogP contribution is 2.51. The number of benzene rings is 2. The zero-order valence-corrected chi connectivity index (χ0v) is 18.1. The molecule has 2 aromatic rings. The molecule has 0 saturated carbocycles. The Bertz CT molecular complexity index is 817. The van der Waals surface area contributed by atoms with Crippen molar-refractivity contribution in [1.82, 2.24) is 0 Å². The van der Waals surface area contributed by atoms with Gasteiger partial charge in [0.2, 0.25) is 0 Å². The van der Waals surface area contributed by atoms with E-state index < -0.39 is 7.60 Å². The first-order valence-electron chi connectivity index (χ1n) is 8.66. The summed E-state index contributed by atoms with van der Waals surface area (Å²) in [5.74, 6) is -0.224. The number of nitrogens with one attached hydrogen (secondary N) is 2. The molecule has 0 bridgehead atoms. The second-order valence-electron chi connectivity index (χ2n) is 5.70. The molecule has 146 valence electrons. The van der Waals surface area contributed by atoms with Gasteiger partial charge in [0, 0.05) is 17.1 Å². The number of carbonyl (C=O) groups is 1. The van der Waals surface area contributed by atoms with Gasteiger partial charge in [0.15, 0.2) is 0 Å². The van der Waals surface area contributed by atoms with Crippen molar-refractivity contribution in [2.45, 2.75) is 20.0 Å². The summed E-state index contributed by atoms with van der Waals surface area (Å²) in [5.41, 5.74) is 2.79. The molecule has 2 N–H and O–H groups in total. The molecule has 0 heterocycles. The summed E-state index contributed by atoms with van der Waals surface area (Å²) < 4.78 is 24.1. The molecule has 8 heteroatoms. The predicted molar refractivity (Wildman–Crippen MR) is 113 cm³/mol. The van der Waals surface area contributed by atoms with Crippen LogP contribution < -0.4 is 10.6 Å². The van der Waals surface area contributed by atoms with E-state index in [1.54, 1.807) is 45.2 Å². The zero-order chi connectivity index (χ0) is 19.9. The van der Waals surface area contributed by atoms with Gasteiger partial charge in [-0.15, -0.1) is 0 Å². The van der Waals surface area contributed by atoms with Crippen molar-refractivity contribution < 1.29 is 18.4 Å². The molecular formula is C19H24BrN2O4P. The molecule has 2 rings (SSSR count). The summed E-state index contributed by atoms with van der Waals surface area (Å²) in [6.07, 6.45) is 0.174. The minimum atomic E-state index is -3.16. The average molecular weight is 455 g/mol. The van der Waals surface area contributed by atoms with Gasteiger partial charge in [0.1, 0.15) is 0 Å². The SMILES string of the molecule is CCOP(=O)(Cc1ccc(C(=O)Nc2ccc(Br)cc2NC)cc1)OCC. The van der Waals surface area contributed by atoms with Crippen LogP contribution in [0, 0.1) is 0 Å². The van der Waals surface area contributed by atoms with Gasteiger partial charge >= 0.3 is 7.60 Å². The molecule has 0 fully saturated rings. The van der Waals surface area contributed by atoms with Crippen LogP contribution in [-0.2, 0) is 19.8 Å². The zero-order valence-electron chi connectivity index (χ0n) is 15.6. The van der Waals surface area contributed by atoms with Gasteiger partial charge < -0.3 is 19.7 Å². The molecule has 0 aliphatic rings. The van der Waals surface area contributed by atoms with Crippen LogP contribution in [0.15, 0.2) is 46.9 Å². The predicted octanol–water partition coefficient (Wildman–Crippen LogP) is 5.51. The Morgan fingerprint density at radius 1 is 1.04 bits per heavy atom. The highest BCUT2D eigenvalue weighted by molar-refractivity contribution is 9.10. The first kappa shape index (κ1) is 21.6. The van der Waals surface area contributed by atoms with Crippen LogP contribution in [0.2, 0.25) is 0 Å². The molecule has 6 nitrogen and oxygen atoms in total. The van der Waals surface area contributed by atoms with E-state index >= 15 is 0 Å². The van der Waals surface area contributed by atoms with Gasteiger partial charge in [-0.1, -0.05) is 28.1 Å². The quantitative estimate of drug-likeness (QED) is 0.488. The maximum atomic E-state index is 12.6. The van der Waals surface area contributed by atoms with Crippen LogP contribution in [0.1, 0.15) is 29.8 Å². The summed E-state index contributed by atoms with van der Waals surface area (Å²) >= 11 is 3.41. The van der Waals surface area contributed by atoms with Crippen molar-refractivity contribution in [1.29, 1.82) is 0 Å². The maximum Gasteiger partial charge on any atom is 0.335 e. The second-order valence-corrected chi connectivity index (χ2v) is 8.67. The minimum absolute atomic E-state index is 0.174. The second kappa shape index (κ2) is 10.0. The Hall–Kier alpha value is -1.66. The Kier molecular flexibility index (Phi) is 8.05. The van der Waals surface area contributed by atoms with Crippen LogP contribution in [0.25, 0.3) is 0 Å². The lowest BCUT2D eigenvalue weighted by atomic mass is 10.1. The normalized spacial score (nSPS) is 11.3. The van der Waals surface area contributed by atoms with E-state index in [2.05, 4.69) is 26.6 Å². The number of hydrogen-bond donors (Lipinski definition) is 2. The fourth-order valence-electron chi connectivity index (χ4n) is 2.53. The van der Waals surface area contributed by atoms with Gasteiger partial charge in [0.25, 0.3) is 5.91 Å². The Morgan fingerprint density at radius 3 is 2.22 bits per heavy atom. The third-order valence-corrected chi connectivity index (χ3v) is 6.29. The third-order valence-electron chi connectivity index (χ3n) is 3.74. The molecule has 0 atom stereocenters. The van der Waals surface area contributed by atoms with Crippen LogP contribution in [-0.4, -0.2) is 26.2 Å². The van der Waals surface area contributed by atoms with E-state index in [4.69, 9.17) is 9.05 Å². The standard InChI is InChI=1S/C19H24BrN2O4P/c1-4-25-27(24,26-5-2)13-14-6-8-15(9-7-14)19(23)22-17-11-10-16(20)12-18(17)21-3/h6-12,21H,4-5,13H2,1-3H3,(H,22,23). The van der Waals surface area contributed by atoms with Gasteiger partial charge in [0.05, 0.1) is 30.8 Å². The van der Waals surface area contributed by atoms with E-state index in [9.17, 15) is 9.36 Å². The molecule has 27 heavy (non-hydrogen) atoms. The maximum absolute atomic E-state index is 12.6. The molecule has 1 amide bonds. The van der Waals surface area contributed by atoms with Crippen molar-refractivity contribution in [2.75, 3.05) is 30.9 Å². The van der Waals surface area contributed by atoms with Crippen molar-refractivity contribution in [2.24, 2.45) is 0 Å². The van der Waals surface area contributed by atoms with Crippen LogP contribution in [0.5, 0.6) is 0 Å².